The van der Waals surface area contributed by atoms with Crippen LogP contribution in [-0.2, 0) is 29.0 Å². The van der Waals surface area contributed by atoms with Crippen molar-refractivity contribution in [3.05, 3.63) is 102 Å². The van der Waals surface area contributed by atoms with Crippen LogP contribution in [0, 0.1) is 0 Å². The minimum Gasteiger partial charge on any atom is -0.464 e. The molecule has 0 aliphatic heterocycles. The zero-order valence-electron chi connectivity index (χ0n) is 16.7. The van der Waals surface area contributed by atoms with Crippen LogP contribution in [0.5, 0.6) is 0 Å². The Morgan fingerprint density at radius 1 is 0.828 bits per heavy atom. The van der Waals surface area contributed by atoms with Crippen molar-refractivity contribution >= 4 is 11.7 Å². The van der Waals surface area contributed by atoms with Crippen LogP contribution in [0.15, 0.2) is 84.9 Å². The summed E-state index contributed by atoms with van der Waals surface area (Å²) in [5.41, 5.74) is 4.47. The average molecular weight is 389 g/mol. The molecule has 29 heavy (non-hydrogen) atoms. The Labute approximate surface area is 172 Å². The molecular formula is C25H27NO3. The van der Waals surface area contributed by atoms with Gasteiger partial charge in [0.1, 0.15) is 0 Å². The molecule has 0 amide bonds. The quantitative estimate of drug-likeness (QED) is 0.553. The van der Waals surface area contributed by atoms with E-state index in [0.29, 0.717) is 0 Å². The molecule has 0 spiro atoms. The molecule has 0 saturated heterocycles. The average Bonchev–Trinajstić information content (AvgIpc) is 2.75. The van der Waals surface area contributed by atoms with Gasteiger partial charge in [-0.25, -0.2) is 4.79 Å². The van der Waals surface area contributed by atoms with Gasteiger partial charge in [0.2, 0.25) is 0 Å². The number of rotatable bonds is 9. The van der Waals surface area contributed by atoms with Gasteiger partial charge in [-0.2, -0.15) is 0 Å². The molecule has 3 aromatic carbocycles. The summed E-state index contributed by atoms with van der Waals surface area (Å²) in [7, 11) is 0. The molecule has 0 fully saturated rings. The Balaban J connectivity index is 1.75. The predicted octanol–water partition coefficient (Wildman–Crippen LogP) is 4.36. The third-order valence-electron chi connectivity index (χ3n) is 4.72. The fourth-order valence-corrected chi connectivity index (χ4v) is 3.23. The van der Waals surface area contributed by atoms with Gasteiger partial charge in [-0.05, 0) is 35.7 Å². The highest BCUT2D eigenvalue weighted by Gasteiger charge is 2.17. The minimum absolute atomic E-state index is 0.247. The zero-order valence-corrected chi connectivity index (χ0v) is 16.7. The van der Waals surface area contributed by atoms with Crippen molar-refractivity contribution < 1.29 is 14.6 Å². The van der Waals surface area contributed by atoms with Gasteiger partial charge in [0, 0.05) is 25.2 Å². The predicted molar refractivity (Wildman–Crippen MR) is 116 cm³/mol. The van der Waals surface area contributed by atoms with Crippen molar-refractivity contribution in [3.8, 4) is 0 Å². The molecule has 0 heterocycles. The van der Waals surface area contributed by atoms with Gasteiger partial charge < -0.3 is 14.7 Å². The second-order valence-electron chi connectivity index (χ2n) is 6.97. The van der Waals surface area contributed by atoms with E-state index in [4.69, 9.17) is 4.74 Å². The van der Waals surface area contributed by atoms with E-state index in [1.165, 1.54) is 11.1 Å². The minimum atomic E-state index is -1.13. The number of carbonyl (C=O) groups is 1. The molecule has 0 bridgehead atoms. The number of nitrogens with zero attached hydrogens (tertiary/aromatic N) is 1. The molecule has 3 aromatic rings. The summed E-state index contributed by atoms with van der Waals surface area (Å²) >= 11 is 0. The summed E-state index contributed by atoms with van der Waals surface area (Å²) in [5.74, 6) is -0.577. The Bertz CT molecular complexity index is 837. The van der Waals surface area contributed by atoms with Crippen LogP contribution >= 0.6 is 0 Å². The van der Waals surface area contributed by atoms with Crippen LogP contribution in [0.2, 0.25) is 0 Å². The van der Waals surface area contributed by atoms with Crippen LogP contribution in [-0.4, -0.2) is 23.8 Å². The van der Waals surface area contributed by atoms with Crippen molar-refractivity contribution in [2.24, 2.45) is 0 Å². The lowest BCUT2D eigenvalue weighted by Gasteiger charge is -2.25. The molecule has 0 aliphatic carbocycles. The lowest BCUT2D eigenvalue weighted by molar-refractivity contribution is -0.152. The van der Waals surface area contributed by atoms with Gasteiger partial charge in [-0.3, -0.25) is 0 Å². The Morgan fingerprint density at radius 3 is 1.83 bits per heavy atom. The fourth-order valence-electron chi connectivity index (χ4n) is 3.23. The van der Waals surface area contributed by atoms with Crippen molar-refractivity contribution in [1.82, 2.24) is 0 Å². The van der Waals surface area contributed by atoms with E-state index >= 15 is 0 Å². The second-order valence-corrected chi connectivity index (χ2v) is 6.97. The highest BCUT2D eigenvalue weighted by atomic mass is 16.5. The molecule has 4 heteroatoms. The van der Waals surface area contributed by atoms with E-state index < -0.39 is 12.1 Å². The largest absolute Gasteiger partial charge is 0.464 e. The lowest BCUT2D eigenvalue weighted by Crippen LogP contribution is -2.25. The van der Waals surface area contributed by atoms with Crippen molar-refractivity contribution in [3.63, 3.8) is 0 Å². The monoisotopic (exact) mass is 389 g/mol. The molecule has 1 atom stereocenters. The summed E-state index contributed by atoms with van der Waals surface area (Å²) in [6.45, 7) is 3.58. The maximum Gasteiger partial charge on any atom is 0.335 e. The highest BCUT2D eigenvalue weighted by molar-refractivity contribution is 5.74. The third-order valence-corrected chi connectivity index (χ3v) is 4.72. The maximum atomic E-state index is 11.6. The number of hydrogen-bond acceptors (Lipinski definition) is 4. The van der Waals surface area contributed by atoms with Crippen molar-refractivity contribution in [2.75, 3.05) is 11.5 Å². The summed E-state index contributed by atoms with van der Waals surface area (Å²) in [6, 6.07) is 28.8. The smallest absolute Gasteiger partial charge is 0.335 e. The maximum absolute atomic E-state index is 11.6. The second kappa shape index (κ2) is 10.4. The van der Waals surface area contributed by atoms with E-state index in [0.717, 1.165) is 24.3 Å². The van der Waals surface area contributed by atoms with Gasteiger partial charge in [0.25, 0.3) is 0 Å². The fraction of sp³-hybridized carbons (Fsp3) is 0.240. The highest BCUT2D eigenvalue weighted by Crippen LogP contribution is 2.21. The first-order valence-corrected chi connectivity index (χ1v) is 9.92. The molecule has 150 valence electrons. The Morgan fingerprint density at radius 2 is 1.34 bits per heavy atom. The first kappa shape index (κ1) is 20.6. The van der Waals surface area contributed by atoms with Gasteiger partial charge in [-0.15, -0.1) is 0 Å². The van der Waals surface area contributed by atoms with Crippen LogP contribution in [0.25, 0.3) is 0 Å². The summed E-state index contributed by atoms with van der Waals surface area (Å²) < 4.78 is 4.87. The molecule has 1 N–H and O–H groups in total. The lowest BCUT2D eigenvalue weighted by atomic mass is 10.1. The van der Waals surface area contributed by atoms with Gasteiger partial charge in [-0.1, -0.05) is 72.8 Å². The van der Waals surface area contributed by atoms with Crippen molar-refractivity contribution in [2.45, 2.75) is 32.5 Å². The number of ether oxygens (including phenoxy) is 1. The van der Waals surface area contributed by atoms with Gasteiger partial charge in [0.05, 0.1) is 6.61 Å². The Kier molecular flexibility index (Phi) is 7.42. The number of aliphatic hydroxyl groups is 1. The molecular weight excluding hydrogens is 362 g/mol. The van der Waals surface area contributed by atoms with Crippen LogP contribution in [0.4, 0.5) is 5.69 Å². The number of anilines is 1. The van der Waals surface area contributed by atoms with Crippen LogP contribution in [0.1, 0.15) is 23.6 Å². The standard InChI is InChI=1S/C25H27NO3/c1-2-29-25(28)24(27)17-20-13-15-23(16-14-20)26(18-21-9-5-3-6-10-21)19-22-11-7-4-8-12-22/h3-16,24,27H,2,17-19H2,1H3/t24-/m1/s1. The topological polar surface area (TPSA) is 49.8 Å². The number of hydrogen-bond donors (Lipinski definition) is 1. The third kappa shape index (κ3) is 6.19. The molecule has 4 nitrogen and oxygen atoms in total. The molecule has 0 aromatic heterocycles. The molecule has 3 rings (SSSR count). The van der Waals surface area contributed by atoms with Crippen LogP contribution < -0.4 is 4.90 Å². The SMILES string of the molecule is CCOC(=O)[C@H](O)Cc1ccc(N(Cc2ccccc2)Cc2ccccc2)cc1. The van der Waals surface area contributed by atoms with Crippen molar-refractivity contribution in [1.29, 1.82) is 0 Å². The molecule has 0 radical (unpaired) electrons. The van der Waals surface area contributed by atoms with E-state index in [2.05, 4.69) is 53.4 Å². The van der Waals surface area contributed by atoms with Gasteiger partial charge >= 0.3 is 5.97 Å². The van der Waals surface area contributed by atoms with E-state index in [1.54, 1.807) is 6.92 Å². The number of benzene rings is 3. The van der Waals surface area contributed by atoms with Gasteiger partial charge in [0.15, 0.2) is 6.10 Å². The molecule has 0 unspecified atom stereocenters. The molecule has 0 saturated carbocycles. The number of carbonyl (C=O) groups excluding carboxylic acids is 1. The normalized spacial score (nSPS) is 11.7. The number of aliphatic hydroxyl groups excluding tert-OH is 1. The number of esters is 1. The summed E-state index contributed by atoms with van der Waals surface area (Å²) in [4.78, 5) is 14.0. The summed E-state index contributed by atoms with van der Waals surface area (Å²) in [5, 5.41) is 9.99. The zero-order chi connectivity index (χ0) is 20.5. The van der Waals surface area contributed by atoms with E-state index in [9.17, 15) is 9.90 Å². The van der Waals surface area contributed by atoms with E-state index in [-0.39, 0.29) is 13.0 Å². The summed E-state index contributed by atoms with van der Waals surface area (Å²) in [6.07, 6.45) is -0.887. The first-order valence-electron chi connectivity index (χ1n) is 9.92. The first-order chi connectivity index (χ1) is 14.2. The van der Waals surface area contributed by atoms with E-state index in [1.807, 2.05) is 36.4 Å². The Hall–Kier alpha value is -3.11. The van der Waals surface area contributed by atoms with Crippen LogP contribution in [0.3, 0.4) is 0 Å². The molecule has 0 aliphatic rings.